The van der Waals surface area contributed by atoms with Crippen LogP contribution in [0.1, 0.15) is 0 Å². The Morgan fingerprint density at radius 3 is 2.29 bits per heavy atom. The second kappa shape index (κ2) is 6.10. The molecule has 3 aromatic rings. The van der Waals surface area contributed by atoms with Crippen LogP contribution in [0.4, 0.5) is 0 Å². The van der Waals surface area contributed by atoms with Crippen molar-refractivity contribution in [1.29, 1.82) is 0 Å². The van der Waals surface area contributed by atoms with E-state index in [2.05, 4.69) is 30.9 Å². The summed E-state index contributed by atoms with van der Waals surface area (Å²) in [6.07, 6.45) is 1.67. The average molecular weight is 381 g/mol. The highest BCUT2D eigenvalue weighted by Crippen LogP contribution is 2.34. The molecule has 0 aliphatic heterocycles. The van der Waals surface area contributed by atoms with Crippen LogP contribution in [0.15, 0.2) is 53.1 Å². The van der Waals surface area contributed by atoms with Crippen LogP contribution in [0, 0.1) is 0 Å². The minimum atomic E-state index is 0.300. The fourth-order valence-corrected chi connectivity index (χ4v) is 2.90. The first-order valence-corrected chi connectivity index (χ1v) is 7.60. The lowest BCUT2D eigenvalue weighted by Gasteiger charge is -2.08. The summed E-state index contributed by atoms with van der Waals surface area (Å²) in [5.74, 6) is 0.407. The Morgan fingerprint density at radius 1 is 0.905 bits per heavy atom. The average Bonchev–Trinajstić information content (AvgIpc) is 2.47. The number of rotatable bonds is 2. The molecule has 21 heavy (non-hydrogen) atoms. The molecule has 0 aliphatic carbocycles. The molecule has 0 saturated carbocycles. The fraction of sp³-hybridized carbons (Fsp3) is 0. The molecule has 104 valence electrons. The Balaban J connectivity index is 2.13. The molecule has 0 amide bonds. The summed E-state index contributed by atoms with van der Waals surface area (Å²) in [5.41, 5.74) is 2.09. The molecule has 2 aromatic heterocycles. The molecule has 1 aromatic carbocycles. The van der Waals surface area contributed by atoms with Crippen molar-refractivity contribution in [3.63, 3.8) is 0 Å². The summed E-state index contributed by atoms with van der Waals surface area (Å²) < 4.78 is 0.931. The standard InChI is InChI=1S/C15H8BrCl2N3/c16-10-5-3-4-9(8-10)12-13(17)20-15(21-14(12)18)11-6-1-2-7-19-11/h1-8H. The van der Waals surface area contributed by atoms with Gasteiger partial charge in [0.15, 0.2) is 5.82 Å². The molecule has 2 heterocycles. The summed E-state index contributed by atoms with van der Waals surface area (Å²) in [6, 6.07) is 13.1. The third kappa shape index (κ3) is 3.07. The van der Waals surface area contributed by atoms with Gasteiger partial charge in [0.2, 0.25) is 0 Å². The van der Waals surface area contributed by atoms with Crippen LogP contribution in [-0.4, -0.2) is 15.0 Å². The van der Waals surface area contributed by atoms with E-state index in [1.807, 2.05) is 36.4 Å². The minimum Gasteiger partial charge on any atom is -0.253 e. The Bertz CT molecular complexity index is 771. The van der Waals surface area contributed by atoms with Gasteiger partial charge in [0.25, 0.3) is 0 Å². The number of pyridine rings is 1. The van der Waals surface area contributed by atoms with Gasteiger partial charge in [-0.05, 0) is 29.8 Å². The lowest BCUT2D eigenvalue weighted by Crippen LogP contribution is -1.96. The molecule has 0 bridgehead atoms. The van der Waals surface area contributed by atoms with E-state index in [1.54, 1.807) is 12.3 Å². The van der Waals surface area contributed by atoms with Crippen LogP contribution >= 0.6 is 39.1 Å². The van der Waals surface area contributed by atoms with Crippen LogP contribution in [0.2, 0.25) is 10.3 Å². The van der Waals surface area contributed by atoms with Crippen molar-refractivity contribution in [3.8, 4) is 22.6 Å². The quantitative estimate of drug-likeness (QED) is 0.568. The van der Waals surface area contributed by atoms with E-state index in [-0.39, 0.29) is 0 Å². The third-order valence-corrected chi connectivity index (χ3v) is 3.87. The van der Waals surface area contributed by atoms with Crippen LogP contribution in [0.25, 0.3) is 22.6 Å². The first-order chi connectivity index (χ1) is 10.1. The zero-order valence-corrected chi connectivity index (χ0v) is 13.7. The Labute approximate surface area is 140 Å². The number of hydrogen-bond acceptors (Lipinski definition) is 3. The predicted octanol–water partition coefficient (Wildman–Crippen LogP) is 5.27. The molecule has 0 atom stereocenters. The van der Waals surface area contributed by atoms with Crippen LogP contribution in [-0.2, 0) is 0 Å². The lowest BCUT2D eigenvalue weighted by molar-refractivity contribution is 1.14. The summed E-state index contributed by atoms with van der Waals surface area (Å²) >= 11 is 16.0. The predicted molar refractivity (Wildman–Crippen MR) is 88.4 cm³/mol. The topological polar surface area (TPSA) is 38.7 Å². The smallest absolute Gasteiger partial charge is 0.181 e. The van der Waals surface area contributed by atoms with E-state index >= 15 is 0 Å². The first kappa shape index (κ1) is 14.4. The van der Waals surface area contributed by atoms with E-state index in [4.69, 9.17) is 23.2 Å². The molecule has 0 N–H and O–H groups in total. The highest BCUT2D eigenvalue weighted by molar-refractivity contribution is 9.10. The SMILES string of the molecule is Clc1nc(-c2ccccn2)nc(Cl)c1-c1cccc(Br)c1. The normalized spacial score (nSPS) is 10.6. The monoisotopic (exact) mass is 379 g/mol. The van der Waals surface area contributed by atoms with E-state index in [1.165, 1.54) is 0 Å². The van der Waals surface area contributed by atoms with E-state index in [9.17, 15) is 0 Å². The van der Waals surface area contributed by atoms with Gasteiger partial charge in [0.1, 0.15) is 16.0 Å². The van der Waals surface area contributed by atoms with Crippen molar-refractivity contribution in [1.82, 2.24) is 15.0 Å². The maximum Gasteiger partial charge on any atom is 0.181 e. The molecule has 0 unspecified atom stereocenters. The first-order valence-electron chi connectivity index (χ1n) is 6.05. The van der Waals surface area contributed by atoms with Crippen molar-refractivity contribution >= 4 is 39.1 Å². The largest absolute Gasteiger partial charge is 0.253 e. The zero-order valence-electron chi connectivity index (χ0n) is 10.6. The molecule has 3 nitrogen and oxygen atoms in total. The molecule has 0 aliphatic rings. The molecule has 0 spiro atoms. The number of benzene rings is 1. The lowest BCUT2D eigenvalue weighted by atomic mass is 10.1. The Morgan fingerprint density at radius 2 is 1.67 bits per heavy atom. The van der Waals surface area contributed by atoms with Gasteiger partial charge in [0.05, 0.1) is 5.56 Å². The maximum absolute atomic E-state index is 6.29. The molecule has 3 rings (SSSR count). The number of nitrogens with zero attached hydrogens (tertiary/aromatic N) is 3. The number of aromatic nitrogens is 3. The highest BCUT2D eigenvalue weighted by Gasteiger charge is 2.15. The Hall–Kier alpha value is -1.49. The van der Waals surface area contributed by atoms with E-state index in [0.29, 0.717) is 27.4 Å². The van der Waals surface area contributed by atoms with Gasteiger partial charge in [-0.1, -0.05) is 57.3 Å². The molecule has 0 saturated heterocycles. The van der Waals surface area contributed by atoms with Crippen molar-refractivity contribution in [3.05, 3.63) is 63.4 Å². The van der Waals surface area contributed by atoms with Gasteiger partial charge < -0.3 is 0 Å². The number of halogens is 3. The van der Waals surface area contributed by atoms with Crippen LogP contribution < -0.4 is 0 Å². The van der Waals surface area contributed by atoms with Gasteiger partial charge >= 0.3 is 0 Å². The van der Waals surface area contributed by atoms with Crippen molar-refractivity contribution in [2.75, 3.05) is 0 Å². The van der Waals surface area contributed by atoms with Gasteiger partial charge in [-0.25, -0.2) is 9.97 Å². The second-order valence-electron chi connectivity index (χ2n) is 4.23. The molecular weight excluding hydrogens is 373 g/mol. The van der Waals surface area contributed by atoms with Gasteiger partial charge in [-0.3, -0.25) is 4.98 Å². The number of hydrogen-bond donors (Lipinski definition) is 0. The zero-order chi connectivity index (χ0) is 14.8. The van der Waals surface area contributed by atoms with Crippen molar-refractivity contribution in [2.24, 2.45) is 0 Å². The second-order valence-corrected chi connectivity index (χ2v) is 5.86. The van der Waals surface area contributed by atoms with Crippen LogP contribution in [0.5, 0.6) is 0 Å². The molecule has 0 radical (unpaired) electrons. The van der Waals surface area contributed by atoms with Crippen molar-refractivity contribution in [2.45, 2.75) is 0 Å². The molecule has 0 fully saturated rings. The third-order valence-electron chi connectivity index (χ3n) is 2.83. The molecule has 6 heteroatoms. The van der Waals surface area contributed by atoms with Crippen molar-refractivity contribution < 1.29 is 0 Å². The minimum absolute atomic E-state index is 0.300. The van der Waals surface area contributed by atoms with Crippen LogP contribution in [0.3, 0.4) is 0 Å². The van der Waals surface area contributed by atoms with Gasteiger partial charge in [-0.2, -0.15) is 0 Å². The maximum atomic E-state index is 6.29. The highest BCUT2D eigenvalue weighted by atomic mass is 79.9. The van der Waals surface area contributed by atoms with Gasteiger partial charge in [-0.15, -0.1) is 0 Å². The fourth-order valence-electron chi connectivity index (χ4n) is 1.90. The summed E-state index contributed by atoms with van der Waals surface area (Å²) in [6.45, 7) is 0. The summed E-state index contributed by atoms with van der Waals surface area (Å²) in [7, 11) is 0. The van der Waals surface area contributed by atoms with E-state index in [0.717, 1.165) is 10.0 Å². The van der Waals surface area contributed by atoms with Gasteiger partial charge in [0, 0.05) is 10.7 Å². The Kier molecular flexibility index (Phi) is 4.19. The summed E-state index contributed by atoms with van der Waals surface area (Å²) in [5, 5.41) is 0.600. The summed E-state index contributed by atoms with van der Waals surface area (Å²) in [4.78, 5) is 12.8. The van der Waals surface area contributed by atoms with E-state index < -0.39 is 0 Å². The molecular formula is C15H8BrCl2N3.